The summed E-state index contributed by atoms with van der Waals surface area (Å²) >= 11 is 0. The largest absolute Gasteiger partial charge is 0.449 e. The normalized spacial score (nSPS) is 12.0. The molecule has 140 valence electrons. The van der Waals surface area contributed by atoms with E-state index in [-0.39, 0.29) is 18.3 Å². The van der Waals surface area contributed by atoms with Gasteiger partial charge in [-0.1, -0.05) is 48.5 Å². The molecule has 1 amide bonds. The summed E-state index contributed by atoms with van der Waals surface area (Å²) in [5.41, 5.74) is 1.75. The number of methoxy groups -OCH3 is 1. The molecule has 0 saturated heterocycles. The lowest BCUT2D eigenvalue weighted by Crippen LogP contribution is -2.31. The third-order valence-corrected chi connectivity index (χ3v) is 4.16. The highest BCUT2D eigenvalue weighted by molar-refractivity contribution is 5.97. The van der Waals surface area contributed by atoms with Gasteiger partial charge in [-0.2, -0.15) is 0 Å². The molecule has 0 saturated carbocycles. The smallest absolute Gasteiger partial charge is 0.375 e. The van der Waals surface area contributed by atoms with Gasteiger partial charge in [0.25, 0.3) is 5.91 Å². The number of fused-ring (bicyclic) bond motifs is 1. The number of carbonyl (C=O) groups is 2. The van der Waals surface area contributed by atoms with Gasteiger partial charge in [0.1, 0.15) is 5.58 Å². The Morgan fingerprint density at radius 2 is 1.70 bits per heavy atom. The van der Waals surface area contributed by atoms with Crippen LogP contribution in [0.2, 0.25) is 0 Å². The number of para-hydroxylation sites is 1. The lowest BCUT2D eigenvalue weighted by Gasteiger charge is -2.21. The van der Waals surface area contributed by atoms with Crippen molar-refractivity contribution in [2.75, 3.05) is 21.2 Å². The summed E-state index contributed by atoms with van der Waals surface area (Å²) in [7, 11) is 4.77. The number of rotatable bonds is 6. The van der Waals surface area contributed by atoms with E-state index in [0.29, 0.717) is 16.7 Å². The number of likely N-dealkylation sites (N-methyl/N-ethyl adjacent to an activating group) is 1. The molecular weight excluding hydrogens is 346 g/mol. The number of benzene rings is 2. The van der Waals surface area contributed by atoms with E-state index in [0.717, 1.165) is 5.39 Å². The van der Waals surface area contributed by atoms with Crippen molar-refractivity contribution in [1.29, 1.82) is 0 Å². The number of hydrogen-bond donors (Lipinski definition) is 0. The average Bonchev–Trinajstić information content (AvgIpc) is 3.05. The lowest BCUT2D eigenvalue weighted by atomic mass is 10.1. The fraction of sp³-hybridized carbons (Fsp3) is 0.238. The van der Waals surface area contributed by atoms with Crippen molar-refractivity contribution in [1.82, 2.24) is 4.90 Å². The van der Waals surface area contributed by atoms with Crippen molar-refractivity contribution in [3.8, 4) is 0 Å². The summed E-state index contributed by atoms with van der Waals surface area (Å²) in [4.78, 5) is 26.9. The molecule has 0 spiro atoms. The van der Waals surface area contributed by atoms with Crippen LogP contribution in [0.15, 0.2) is 59.0 Å². The SMILES string of the molecule is COCc1c(C(=O)OC(C(=O)N(C)C)c2ccccc2)oc2ccccc12. The molecule has 0 aliphatic carbocycles. The average molecular weight is 367 g/mol. The number of nitrogens with zero attached hydrogens (tertiary/aromatic N) is 1. The van der Waals surface area contributed by atoms with Crippen LogP contribution in [-0.2, 0) is 20.9 Å². The van der Waals surface area contributed by atoms with Gasteiger partial charge in [0.15, 0.2) is 0 Å². The highest BCUT2D eigenvalue weighted by Crippen LogP contribution is 2.29. The van der Waals surface area contributed by atoms with E-state index in [4.69, 9.17) is 13.9 Å². The number of amides is 1. The molecule has 0 fully saturated rings. The Labute approximate surface area is 157 Å². The minimum absolute atomic E-state index is 0.0468. The van der Waals surface area contributed by atoms with E-state index < -0.39 is 12.1 Å². The molecule has 1 atom stereocenters. The van der Waals surface area contributed by atoms with Crippen molar-refractivity contribution in [2.24, 2.45) is 0 Å². The lowest BCUT2D eigenvalue weighted by molar-refractivity contribution is -0.138. The Morgan fingerprint density at radius 3 is 2.37 bits per heavy atom. The van der Waals surface area contributed by atoms with E-state index in [1.807, 2.05) is 24.3 Å². The van der Waals surface area contributed by atoms with Crippen LogP contribution in [0, 0.1) is 0 Å². The molecule has 0 bridgehead atoms. The Balaban J connectivity index is 1.98. The van der Waals surface area contributed by atoms with Gasteiger partial charge in [0.2, 0.25) is 11.9 Å². The Kier molecular flexibility index (Phi) is 5.57. The molecule has 0 aliphatic rings. The monoisotopic (exact) mass is 367 g/mol. The van der Waals surface area contributed by atoms with E-state index >= 15 is 0 Å². The second-order valence-corrected chi connectivity index (χ2v) is 6.27. The third-order valence-electron chi connectivity index (χ3n) is 4.16. The van der Waals surface area contributed by atoms with E-state index in [9.17, 15) is 9.59 Å². The molecule has 6 heteroatoms. The van der Waals surface area contributed by atoms with E-state index in [2.05, 4.69) is 0 Å². The molecule has 1 aromatic heterocycles. The van der Waals surface area contributed by atoms with Crippen LogP contribution < -0.4 is 0 Å². The van der Waals surface area contributed by atoms with Gasteiger partial charge in [0, 0.05) is 37.7 Å². The maximum absolute atomic E-state index is 12.9. The van der Waals surface area contributed by atoms with Crippen molar-refractivity contribution in [2.45, 2.75) is 12.7 Å². The first-order chi connectivity index (χ1) is 13.0. The minimum atomic E-state index is -1.06. The summed E-state index contributed by atoms with van der Waals surface area (Å²) in [6, 6.07) is 16.2. The molecule has 3 rings (SSSR count). The van der Waals surface area contributed by atoms with Crippen LogP contribution in [0.1, 0.15) is 27.8 Å². The quantitative estimate of drug-likeness (QED) is 0.623. The fourth-order valence-electron chi connectivity index (χ4n) is 2.84. The van der Waals surface area contributed by atoms with Gasteiger partial charge < -0.3 is 18.8 Å². The van der Waals surface area contributed by atoms with Gasteiger partial charge in [-0.25, -0.2) is 4.79 Å². The summed E-state index contributed by atoms with van der Waals surface area (Å²) in [5, 5.41) is 0.779. The molecular formula is C21H21NO5. The molecule has 0 aliphatic heterocycles. The number of ether oxygens (including phenoxy) is 2. The van der Waals surface area contributed by atoms with Crippen LogP contribution >= 0.6 is 0 Å². The predicted octanol–water partition coefficient (Wildman–Crippen LogP) is 3.57. The van der Waals surface area contributed by atoms with E-state index in [1.165, 1.54) is 4.90 Å². The second-order valence-electron chi connectivity index (χ2n) is 6.27. The molecule has 2 aromatic carbocycles. The van der Waals surface area contributed by atoms with Gasteiger partial charge in [-0.15, -0.1) is 0 Å². The highest BCUT2D eigenvalue weighted by atomic mass is 16.6. The zero-order chi connectivity index (χ0) is 19.4. The maximum atomic E-state index is 12.9. The Bertz CT molecular complexity index is 946. The fourth-order valence-corrected chi connectivity index (χ4v) is 2.84. The molecule has 0 radical (unpaired) electrons. The van der Waals surface area contributed by atoms with Gasteiger partial charge >= 0.3 is 5.97 Å². The molecule has 6 nitrogen and oxygen atoms in total. The molecule has 27 heavy (non-hydrogen) atoms. The van der Waals surface area contributed by atoms with Crippen LogP contribution in [0.4, 0.5) is 0 Å². The number of furan rings is 1. The summed E-state index contributed by atoms with van der Waals surface area (Å²) < 4.78 is 16.5. The Morgan fingerprint density at radius 1 is 1.04 bits per heavy atom. The summed E-state index contributed by atoms with van der Waals surface area (Å²) in [6.07, 6.45) is -1.06. The first-order valence-corrected chi connectivity index (χ1v) is 8.49. The molecule has 0 N–H and O–H groups in total. The zero-order valence-corrected chi connectivity index (χ0v) is 15.5. The first kappa shape index (κ1) is 18.7. The first-order valence-electron chi connectivity index (χ1n) is 8.49. The molecule has 3 aromatic rings. The zero-order valence-electron chi connectivity index (χ0n) is 15.5. The second kappa shape index (κ2) is 8.05. The number of hydrogen-bond acceptors (Lipinski definition) is 5. The van der Waals surface area contributed by atoms with Crippen LogP contribution in [-0.4, -0.2) is 38.0 Å². The number of carbonyl (C=O) groups excluding carboxylic acids is 2. The summed E-state index contributed by atoms with van der Waals surface area (Å²) in [5.74, 6) is -0.994. The summed E-state index contributed by atoms with van der Waals surface area (Å²) in [6.45, 7) is 0.194. The number of esters is 1. The minimum Gasteiger partial charge on any atom is -0.449 e. The van der Waals surface area contributed by atoms with Crippen LogP contribution in [0.25, 0.3) is 11.0 Å². The maximum Gasteiger partial charge on any atom is 0.375 e. The Hall–Kier alpha value is -3.12. The third kappa shape index (κ3) is 3.85. The molecule has 1 heterocycles. The molecule has 1 unspecified atom stereocenters. The van der Waals surface area contributed by atoms with Crippen molar-refractivity contribution in [3.05, 3.63) is 71.5 Å². The van der Waals surface area contributed by atoms with Gasteiger partial charge in [-0.05, 0) is 6.07 Å². The standard InChI is InChI=1S/C21H21NO5/c1-22(2)20(23)18(14-9-5-4-6-10-14)27-21(24)19-16(13-25-3)15-11-7-8-12-17(15)26-19/h4-12,18H,13H2,1-3H3. The van der Waals surface area contributed by atoms with Crippen LogP contribution in [0.5, 0.6) is 0 Å². The predicted molar refractivity (Wildman–Crippen MR) is 100 cm³/mol. The topological polar surface area (TPSA) is 69.0 Å². The van der Waals surface area contributed by atoms with Crippen molar-refractivity contribution >= 4 is 22.8 Å². The van der Waals surface area contributed by atoms with Gasteiger partial charge in [0.05, 0.1) is 6.61 Å². The van der Waals surface area contributed by atoms with Crippen LogP contribution in [0.3, 0.4) is 0 Å². The van der Waals surface area contributed by atoms with Gasteiger partial charge in [-0.3, -0.25) is 4.79 Å². The highest BCUT2D eigenvalue weighted by Gasteiger charge is 2.30. The van der Waals surface area contributed by atoms with Crippen molar-refractivity contribution < 1.29 is 23.5 Å². The van der Waals surface area contributed by atoms with Crippen molar-refractivity contribution in [3.63, 3.8) is 0 Å². The van der Waals surface area contributed by atoms with E-state index in [1.54, 1.807) is 51.5 Å².